The number of rotatable bonds is 0. The van der Waals surface area contributed by atoms with E-state index >= 15 is 0 Å². The molecule has 90 valence electrons. The lowest BCUT2D eigenvalue weighted by Gasteiger charge is -2.34. The number of aliphatic hydroxyl groups excluding tert-OH is 1. The Morgan fingerprint density at radius 2 is 2.06 bits per heavy atom. The number of nitrogens with zero attached hydrogens (tertiary/aromatic N) is 1. The van der Waals surface area contributed by atoms with E-state index in [1.807, 2.05) is 29.2 Å². The van der Waals surface area contributed by atoms with Gasteiger partial charge in [0, 0.05) is 12.6 Å². The number of fused-ring (bicyclic) bond motifs is 2. The number of amides is 1. The van der Waals surface area contributed by atoms with Gasteiger partial charge in [-0.25, -0.2) is 0 Å². The third kappa shape index (κ3) is 1.75. The van der Waals surface area contributed by atoms with Gasteiger partial charge in [0.1, 0.15) is 0 Å². The van der Waals surface area contributed by atoms with Crippen LogP contribution in [0.2, 0.25) is 0 Å². The summed E-state index contributed by atoms with van der Waals surface area (Å²) in [6.07, 6.45) is 3.23. The first-order valence-corrected chi connectivity index (χ1v) is 6.34. The lowest BCUT2D eigenvalue weighted by Crippen LogP contribution is -2.45. The Labute approximate surface area is 101 Å². The van der Waals surface area contributed by atoms with Crippen molar-refractivity contribution in [3.63, 3.8) is 0 Å². The highest BCUT2D eigenvalue weighted by Gasteiger charge is 2.35. The van der Waals surface area contributed by atoms with Gasteiger partial charge in [-0.05, 0) is 36.8 Å². The molecule has 2 aliphatic rings. The van der Waals surface area contributed by atoms with Gasteiger partial charge in [0.15, 0.2) is 6.10 Å². The molecule has 17 heavy (non-hydrogen) atoms. The number of carbonyl (C=O) groups excluding carboxylic acids is 1. The standard InChI is InChI=1S/C14H17NO2/c16-13-12-7-2-1-5-10(12)9-11-6-3-4-8-15(11)14(13)17/h1-2,5,7,11,13,16H,3-4,6,8-9H2. The Kier molecular flexibility index (Phi) is 2.63. The lowest BCUT2D eigenvalue weighted by atomic mass is 9.95. The van der Waals surface area contributed by atoms with Crippen molar-refractivity contribution in [1.82, 2.24) is 4.90 Å². The SMILES string of the molecule is O=C1C(O)c2ccccc2CC2CCCCN12. The summed E-state index contributed by atoms with van der Waals surface area (Å²) >= 11 is 0. The van der Waals surface area contributed by atoms with Crippen LogP contribution >= 0.6 is 0 Å². The van der Waals surface area contributed by atoms with Crippen molar-refractivity contribution in [2.24, 2.45) is 0 Å². The van der Waals surface area contributed by atoms with Crippen LogP contribution in [0.3, 0.4) is 0 Å². The van der Waals surface area contributed by atoms with Gasteiger partial charge >= 0.3 is 0 Å². The van der Waals surface area contributed by atoms with Gasteiger partial charge in [-0.2, -0.15) is 0 Å². The predicted octanol–water partition coefficient (Wildman–Crippen LogP) is 1.66. The van der Waals surface area contributed by atoms with Crippen LogP contribution in [0.25, 0.3) is 0 Å². The van der Waals surface area contributed by atoms with Crippen molar-refractivity contribution in [2.75, 3.05) is 6.54 Å². The molecule has 2 aliphatic heterocycles. The van der Waals surface area contributed by atoms with Gasteiger partial charge < -0.3 is 10.0 Å². The molecule has 1 saturated heterocycles. The fourth-order valence-corrected chi connectivity index (χ4v) is 3.03. The molecule has 2 heterocycles. The number of hydrogen-bond acceptors (Lipinski definition) is 2. The van der Waals surface area contributed by atoms with Crippen LogP contribution in [0, 0.1) is 0 Å². The zero-order valence-corrected chi connectivity index (χ0v) is 9.80. The molecule has 0 saturated carbocycles. The van der Waals surface area contributed by atoms with E-state index in [2.05, 4.69) is 0 Å². The third-order valence-corrected chi connectivity index (χ3v) is 3.95. The fourth-order valence-electron chi connectivity index (χ4n) is 3.03. The molecule has 3 heteroatoms. The Balaban J connectivity index is 2.03. The average Bonchev–Trinajstić information content (AvgIpc) is 2.48. The molecule has 1 fully saturated rings. The smallest absolute Gasteiger partial charge is 0.256 e. The summed E-state index contributed by atoms with van der Waals surface area (Å²) in [6, 6.07) is 8.06. The maximum absolute atomic E-state index is 12.2. The van der Waals surface area contributed by atoms with Gasteiger partial charge in [0.05, 0.1) is 0 Å². The van der Waals surface area contributed by atoms with Gasteiger partial charge in [0.2, 0.25) is 0 Å². The average molecular weight is 231 g/mol. The second kappa shape index (κ2) is 4.15. The van der Waals surface area contributed by atoms with E-state index in [0.29, 0.717) is 0 Å². The van der Waals surface area contributed by atoms with Crippen molar-refractivity contribution < 1.29 is 9.90 Å². The zero-order chi connectivity index (χ0) is 11.8. The van der Waals surface area contributed by atoms with E-state index in [1.54, 1.807) is 0 Å². The molecule has 1 aromatic rings. The Bertz CT molecular complexity index is 444. The predicted molar refractivity (Wildman–Crippen MR) is 64.5 cm³/mol. The Morgan fingerprint density at radius 3 is 2.94 bits per heavy atom. The number of hydrogen-bond donors (Lipinski definition) is 1. The molecule has 2 atom stereocenters. The highest BCUT2D eigenvalue weighted by atomic mass is 16.3. The minimum atomic E-state index is -0.964. The maximum Gasteiger partial charge on any atom is 0.256 e. The molecule has 0 aliphatic carbocycles. The van der Waals surface area contributed by atoms with Crippen molar-refractivity contribution in [1.29, 1.82) is 0 Å². The van der Waals surface area contributed by atoms with Crippen LogP contribution in [-0.2, 0) is 11.2 Å². The highest BCUT2D eigenvalue weighted by molar-refractivity contribution is 5.83. The molecule has 3 rings (SSSR count). The van der Waals surface area contributed by atoms with Crippen molar-refractivity contribution in [3.05, 3.63) is 35.4 Å². The molecule has 0 radical (unpaired) electrons. The molecule has 1 N–H and O–H groups in total. The molecular weight excluding hydrogens is 214 g/mol. The van der Waals surface area contributed by atoms with Gasteiger partial charge in [-0.1, -0.05) is 24.3 Å². The first-order chi connectivity index (χ1) is 8.27. The highest BCUT2D eigenvalue weighted by Crippen LogP contribution is 2.31. The second-order valence-electron chi connectivity index (χ2n) is 4.99. The summed E-state index contributed by atoms with van der Waals surface area (Å²) in [5, 5.41) is 10.2. The van der Waals surface area contributed by atoms with Gasteiger partial charge in [-0.15, -0.1) is 0 Å². The minimum absolute atomic E-state index is 0.111. The minimum Gasteiger partial charge on any atom is -0.378 e. The fraction of sp³-hybridized carbons (Fsp3) is 0.500. The molecule has 0 aromatic heterocycles. The lowest BCUT2D eigenvalue weighted by molar-refractivity contribution is -0.143. The summed E-state index contributed by atoms with van der Waals surface area (Å²) in [4.78, 5) is 14.1. The molecule has 1 aromatic carbocycles. The van der Waals surface area contributed by atoms with Crippen LogP contribution in [0.4, 0.5) is 0 Å². The molecule has 1 amide bonds. The van der Waals surface area contributed by atoms with Gasteiger partial charge in [-0.3, -0.25) is 4.79 Å². The topological polar surface area (TPSA) is 40.5 Å². The summed E-state index contributed by atoms with van der Waals surface area (Å²) in [5.41, 5.74) is 1.93. The van der Waals surface area contributed by atoms with E-state index in [-0.39, 0.29) is 11.9 Å². The normalized spacial score (nSPS) is 28.3. The van der Waals surface area contributed by atoms with Crippen molar-refractivity contribution in [2.45, 2.75) is 37.8 Å². The Morgan fingerprint density at radius 1 is 1.24 bits per heavy atom. The Hall–Kier alpha value is -1.35. The number of benzene rings is 1. The molecule has 2 unspecified atom stereocenters. The molecule has 3 nitrogen and oxygen atoms in total. The van der Waals surface area contributed by atoms with E-state index < -0.39 is 6.10 Å². The van der Waals surface area contributed by atoms with Crippen LogP contribution in [0.15, 0.2) is 24.3 Å². The summed E-state index contributed by atoms with van der Waals surface area (Å²) < 4.78 is 0. The first-order valence-electron chi connectivity index (χ1n) is 6.34. The van der Waals surface area contributed by atoms with Crippen LogP contribution < -0.4 is 0 Å². The van der Waals surface area contributed by atoms with Crippen LogP contribution in [-0.4, -0.2) is 28.5 Å². The quantitative estimate of drug-likeness (QED) is 0.737. The summed E-state index contributed by atoms with van der Waals surface area (Å²) in [5.74, 6) is -0.111. The van der Waals surface area contributed by atoms with Gasteiger partial charge in [0.25, 0.3) is 5.91 Å². The molecule has 0 bridgehead atoms. The summed E-state index contributed by atoms with van der Waals surface area (Å²) in [7, 11) is 0. The van der Waals surface area contributed by atoms with Crippen molar-refractivity contribution >= 4 is 5.91 Å². The molecule has 0 spiro atoms. The van der Waals surface area contributed by atoms with E-state index in [4.69, 9.17) is 0 Å². The summed E-state index contributed by atoms with van der Waals surface area (Å²) in [6.45, 7) is 0.800. The van der Waals surface area contributed by atoms with Crippen LogP contribution in [0.1, 0.15) is 36.5 Å². The number of piperidine rings is 1. The van der Waals surface area contributed by atoms with Crippen LogP contribution in [0.5, 0.6) is 0 Å². The first kappa shape index (κ1) is 10.8. The van der Waals surface area contributed by atoms with E-state index in [0.717, 1.165) is 36.9 Å². The third-order valence-electron chi connectivity index (χ3n) is 3.95. The zero-order valence-electron chi connectivity index (χ0n) is 9.80. The number of aliphatic hydroxyl groups is 1. The second-order valence-corrected chi connectivity index (χ2v) is 4.99. The number of carbonyl (C=O) groups is 1. The monoisotopic (exact) mass is 231 g/mol. The largest absolute Gasteiger partial charge is 0.378 e. The van der Waals surface area contributed by atoms with Crippen molar-refractivity contribution in [3.8, 4) is 0 Å². The molecular formula is C14H17NO2. The maximum atomic E-state index is 12.2. The van der Waals surface area contributed by atoms with E-state index in [9.17, 15) is 9.90 Å². The van der Waals surface area contributed by atoms with E-state index in [1.165, 1.54) is 6.42 Å².